The van der Waals surface area contributed by atoms with Crippen LogP contribution in [-0.2, 0) is 4.79 Å². The maximum Gasteiger partial charge on any atom is 0.135 e. The summed E-state index contributed by atoms with van der Waals surface area (Å²) in [4.78, 5) is 12.2. The van der Waals surface area contributed by atoms with Gasteiger partial charge in [0.15, 0.2) is 0 Å². The van der Waals surface area contributed by atoms with Crippen LogP contribution >= 0.6 is 11.6 Å². The third kappa shape index (κ3) is 3.42. The summed E-state index contributed by atoms with van der Waals surface area (Å²) in [5.41, 5.74) is -0.759. The predicted octanol–water partition coefficient (Wildman–Crippen LogP) is 7.01. The van der Waals surface area contributed by atoms with Gasteiger partial charge in [0.1, 0.15) is 5.78 Å². The molecule has 172 valence electrons. The van der Waals surface area contributed by atoms with Gasteiger partial charge in [-0.15, -0.1) is 11.6 Å². The van der Waals surface area contributed by atoms with Crippen LogP contribution in [0.1, 0.15) is 105 Å². The van der Waals surface area contributed by atoms with Crippen LogP contribution in [0.25, 0.3) is 0 Å². The lowest BCUT2D eigenvalue weighted by molar-refractivity contribution is -0.201. The summed E-state index contributed by atoms with van der Waals surface area (Å²) in [6.07, 6.45) is 11.9. The topological polar surface area (TPSA) is 37.3 Å². The molecule has 4 aliphatic rings. The third-order valence-electron chi connectivity index (χ3n) is 10.8. The van der Waals surface area contributed by atoms with Gasteiger partial charge >= 0.3 is 0 Å². The Balaban J connectivity index is 1.54. The number of halogens is 1. The largest absolute Gasteiger partial charge is 0.387 e. The Morgan fingerprint density at radius 2 is 1.80 bits per heavy atom. The number of aliphatic hydroxyl groups is 1. The van der Waals surface area contributed by atoms with Crippen molar-refractivity contribution in [2.45, 2.75) is 116 Å². The van der Waals surface area contributed by atoms with Gasteiger partial charge in [-0.2, -0.15) is 0 Å². The van der Waals surface area contributed by atoms with E-state index >= 15 is 0 Å². The molecule has 3 heteroatoms. The second-order valence-electron chi connectivity index (χ2n) is 12.7. The van der Waals surface area contributed by atoms with E-state index in [9.17, 15) is 9.90 Å². The molecule has 9 atom stereocenters. The highest BCUT2D eigenvalue weighted by atomic mass is 35.5. The second kappa shape index (κ2) is 8.05. The molecule has 0 unspecified atom stereocenters. The van der Waals surface area contributed by atoms with E-state index in [1.165, 1.54) is 44.9 Å². The van der Waals surface area contributed by atoms with Crippen molar-refractivity contribution in [2.24, 2.45) is 46.3 Å². The molecule has 4 aliphatic carbocycles. The number of Topliss-reactive ketones (excluding diaryl/α,β-unsaturated/α-hetero) is 1. The van der Waals surface area contributed by atoms with Crippen molar-refractivity contribution in [3.05, 3.63) is 0 Å². The van der Waals surface area contributed by atoms with Gasteiger partial charge in [0.25, 0.3) is 0 Å². The van der Waals surface area contributed by atoms with Crippen LogP contribution in [0.5, 0.6) is 0 Å². The van der Waals surface area contributed by atoms with Crippen molar-refractivity contribution in [1.82, 2.24) is 0 Å². The summed E-state index contributed by atoms with van der Waals surface area (Å²) in [6, 6.07) is 0. The maximum absolute atomic E-state index is 12.2. The Labute approximate surface area is 189 Å². The number of hydrogen-bond acceptors (Lipinski definition) is 2. The number of rotatable bonds is 5. The van der Waals surface area contributed by atoms with Crippen molar-refractivity contribution < 1.29 is 9.90 Å². The molecule has 0 aromatic carbocycles. The van der Waals surface area contributed by atoms with Crippen LogP contribution in [0.3, 0.4) is 0 Å². The molecule has 0 aromatic heterocycles. The monoisotopic (exact) mass is 436 g/mol. The predicted molar refractivity (Wildman–Crippen MR) is 125 cm³/mol. The first-order valence-electron chi connectivity index (χ1n) is 12.9. The standard InChI is InChI=1S/C27H45ClO2/c1-17(2)7-6-8-18(3)21-9-10-22-20-15-24(28)27(30)16-19(29)11-14-26(27,5)23(20)12-13-25(21,22)4/h17-18,20-24,30H,6-16H2,1-5H3/t18-,20+,21-,22+,23+,24-,25-,26-,27+/m1/s1. The average Bonchev–Trinajstić information content (AvgIpc) is 3.01. The average molecular weight is 437 g/mol. The second-order valence-corrected chi connectivity index (χ2v) is 13.2. The highest BCUT2D eigenvalue weighted by Gasteiger charge is 2.67. The highest BCUT2D eigenvalue weighted by Crippen LogP contribution is 2.69. The van der Waals surface area contributed by atoms with Gasteiger partial charge in [-0.1, -0.05) is 53.9 Å². The number of fused-ring (bicyclic) bond motifs is 5. The Morgan fingerprint density at radius 3 is 2.50 bits per heavy atom. The van der Waals surface area contributed by atoms with Crippen molar-refractivity contribution in [3.8, 4) is 0 Å². The minimum Gasteiger partial charge on any atom is -0.387 e. The van der Waals surface area contributed by atoms with E-state index in [-0.39, 0.29) is 23.0 Å². The first-order chi connectivity index (χ1) is 14.0. The van der Waals surface area contributed by atoms with E-state index in [2.05, 4.69) is 34.6 Å². The third-order valence-corrected chi connectivity index (χ3v) is 11.4. The summed E-state index contributed by atoms with van der Waals surface area (Å²) in [6.45, 7) is 12.1. The summed E-state index contributed by atoms with van der Waals surface area (Å²) >= 11 is 6.94. The zero-order chi connectivity index (χ0) is 21.9. The minimum absolute atomic E-state index is 0.196. The van der Waals surface area contributed by atoms with E-state index in [0.29, 0.717) is 23.7 Å². The molecule has 0 amide bonds. The fraction of sp³-hybridized carbons (Fsp3) is 0.963. The summed E-state index contributed by atoms with van der Waals surface area (Å²) in [7, 11) is 0. The smallest absolute Gasteiger partial charge is 0.135 e. The Kier molecular flexibility index (Phi) is 6.20. The summed E-state index contributed by atoms with van der Waals surface area (Å²) < 4.78 is 0. The number of alkyl halides is 1. The molecule has 4 fully saturated rings. The lowest BCUT2D eigenvalue weighted by atomic mass is 9.43. The molecule has 4 saturated carbocycles. The molecule has 0 spiro atoms. The van der Waals surface area contributed by atoms with E-state index < -0.39 is 5.60 Å². The van der Waals surface area contributed by atoms with E-state index in [4.69, 9.17) is 11.6 Å². The molecule has 0 heterocycles. The van der Waals surface area contributed by atoms with E-state index in [0.717, 1.165) is 36.5 Å². The SMILES string of the molecule is CC(C)CCC[C@@H](C)[C@H]1CC[C@H]2[C@@H]3C[C@@H](Cl)[C@@]4(O)CC(=O)CC[C@]4(C)[C@H]3CC[C@]12C. The zero-order valence-corrected chi connectivity index (χ0v) is 20.8. The van der Waals surface area contributed by atoms with Gasteiger partial charge in [0, 0.05) is 18.3 Å². The number of carbonyl (C=O) groups excluding carboxylic acids is 1. The van der Waals surface area contributed by atoms with E-state index in [1.807, 2.05) is 0 Å². The lowest BCUT2D eigenvalue weighted by Gasteiger charge is -2.64. The van der Waals surface area contributed by atoms with Crippen LogP contribution < -0.4 is 0 Å². The molecule has 30 heavy (non-hydrogen) atoms. The molecule has 4 rings (SSSR count). The molecule has 0 aromatic rings. The number of carbonyl (C=O) groups is 1. The molecule has 0 aliphatic heterocycles. The Morgan fingerprint density at radius 1 is 1.07 bits per heavy atom. The molecule has 1 N–H and O–H groups in total. The number of hydrogen-bond donors (Lipinski definition) is 1. The van der Waals surface area contributed by atoms with Gasteiger partial charge in [0.05, 0.1) is 11.0 Å². The minimum atomic E-state index is -0.999. The fourth-order valence-corrected chi connectivity index (χ4v) is 9.58. The van der Waals surface area contributed by atoms with Crippen LogP contribution in [-0.4, -0.2) is 21.9 Å². The summed E-state index contributed by atoms with van der Waals surface area (Å²) in [5, 5.41) is 11.4. The van der Waals surface area contributed by atoms with E-state index in [1.54, 1.807) is 0 Å². The molecular weight excluding hydrogens is 392 g/mol. The Hall–Kier alpha value is -0.0800. The normalized spacial score (nSPS) is 49.5. The van der Waals surface area contributed by atoms with Crippen molar-refractivity contribution in [2.75, 3.05) is 0 Å². The van der Waals surface area contributed by atoms with Gasteiger partial charge in [-0.05, 0) is 79.4 Å². The van der Waals surface area contributed by atoms with Crippen LogP contribution in [0.2, 0.25) is 0 Å². The van der Waals surface area contributed by atoms with Gasteiger partial charge < -0.3 is 5.11 Å². The number of ketones is 1. The first kappa shape index (κ1) is 23.1. The van der Waals surface area contributed by atoms with Gasteiger partial charge in [-0.25, -0.2) is 0 Å². The zero-order valence-electron chi connectivity index (χ0n) is 20.1. The molecule has 0 saturated heterocycles. The summed E-state index contributed by atoms with van der Waals surface area (Å²) in [5.74, 6) is 4.56. The molecule has 2 nitrogen and oxygen atoms in total. The van der Waals surface area contributed by atoms with Gasteiger partial charge in [0.2, 0.25) is 0 Å². The highest BCUT2D eigenvalue weighted by molar-refractivity contribution is 6.21. The van der Waals surface area contributed by atoms with Crippen molar-refractivity contribution >= 4 is 17.4 Å². The fourth-order valence-electron chi connectivity index (χ4n) is 9.05. The quantitative estimate of drug-likeness (QED) is 0.470. The van der Waals surface area contributed by atoms with Crippen LogP contribution in [0.4, 0.5) is 0 Å². The van der Waals surface area contributed by atoms with Crippen LogP contribution in [0.15, 0.2) is 0 Å². The first-order valence-corrected chi connectivity index (χ1v) is 13.3. The van der Waals surface area contributed by atoms with Crippen LogP contribution in [0, 0.1) is 46.3 Å². The molecule has 0 bridgehead atoms. The van der Waals surface area contributed by atoms with Crippen molar-refractivity contribution in [3.63, 3.8) is 0 Å². The molecule has 0 radical (unpaired) electrons. The Bertz CT molecular complexity index is 661. The maximum atomic E-state index is 12.2. The lowest BCUT2D eigenvalue weighted by Crippen LogP contribution is -2.67. The van der Waals surface area contributed by atoms with Gasteiger partial charge in [-0.3, -0.25) is 4.79 Å². The molecular formula is C27H45ClO2. The van der Waals surface area contributed by atoms with Crippen molar-refractivity contribution in [1.29, 1.82) is 0 Å².